The summed E-state index contributed by atoms with van der Waals surface area (Å²) in [6.07, 6.45) is 1.73. The lowest BCUT2D eigenvalue weighted by molar-refractivity contribution is -0.120. The predicted molar refractivity (Wildman–Crippen MR) is 84.6 cm³/mol. The van der Waals surface area contributed by atoms with E-state index in [2.05, 4.69) is 20.8 Å². The van der Waals surface area contributed by atoms with Crippen LogP contribution in [0.2, 0.25) is 5.02 Å². The number of aromatic nitrogens is 2. The first-order chi connectivity index (χ1) is 10.2. The molecule has 0 spiro atoms. The summed E-state index contributed by atoms with van der Waals surface area (Å²) in [5.74, 6) is 0.0808. The number of anilines is 1. The Morgan fingerprint density at radius 3 is 2.81 bits per heavy atom. The van der Waals surface area contributed by atoms with Crippen molar-refractivity contribution in [2.75, 3.05) is 18.4 Å². The summed E-state index contributed by atoms with van der Waals surface area (Å²) in [4.78, 5) is 12.2. The average Bonchev–Trinajstić information content (AvgIpc) is 2.97. The van der Waals surface area contributed by atoms with E-state index in [-0.39, 0.29) is 11.8 Å². The highest BCUT2D eigenvalue weighted by molar-refractivity contribution is 7.18. The molecule has 0 unspecified atom stereocenters. The molecule has 2 aromatic rings. The molecule has 1 amide bonds. The Hall–Kier alpha value is -1.50. The number of nitrogens with one attached hydrogen (secondary N) is 2. The number of piperidine rings is 1. The second kappa shape index (κ2) is 6.51. The Labute approximate surface area is 131 Å². The van der Waals surface area contributed by atoms with Crippen molar-refractivity contribution in [1.29, 1.82) is 0 Å². The fourth-order valence-corrected chi connectivity index (χ4v) is 3.38. The summed E-state index contributed by atoms with van der Waals surface area (Å²) in [6.45, 7) is 1.78. The molecule has 0 bridgehead atoms. The van der Waals surface area contributed by atoms with Gasteiger partial charge in [0.1, 0.15) is 0 Å². The van der Waals surface area contributed by atoms with Gasteiger partial charge in [-0.25, -0.2) is 0 Å². The Balaban J connectivity index is 1.70. The smallest absolute Gasteiger partial charge is 0.229 e. The van der Waals surface area contributed by atoms with Crippen molar-refractivity contribution in [2.45, 2.75) is 12.8 Å². The monoisotopic (exact) mass is 322 g/mol. The van der Waals surface area contributed by atoms with Crippen LogP contribution in [0.3, 0.4) is 0 Å². The minimum atomic E-state index is 0.0263. The SMILES string of the molecule is O=C(Nc1nnc(-c2ccccc2Cl)s1)C1CCNCC1. The lowest BCUT2D eigenvalue weighted by atomic mass is 9.97. The molecule has 0 aliphatic carbocycles. The summed E-state index contributed by atoms with van der Waals surface area (Å²) in [6, 6.07) is 7.47. The van der Waals surface area contributed by atoms with E-state index in [9.17, 15) is 4.79 Å². The minimum Gasteiger partial charge on any atom is -0.317 e. The van der Waals surface area contributed by atoms with Crippen molar-refractivity contribution in [3.63, 3.8) is 0 Å². The molecule has 1 saturated heterocycles. The topological polar surface area (TPSA) is 66.9 Å². The first kappa shape index (κ1) is 14.4. The van der Waals surface area contributed by atoms with E-state index >= 15 is 0 Å². The molecule has 2 N–H and O–H groups in total. The molecular weight excluding hydrogens is 308 g/mol. The van der Waals surface area contributed by atoms with Crippen molar-refractivity contribution in [2.24, 2.45) is 5.92 Å². The lowest BCUT2D eigenvalue weighted by Crippen LogP contribution is -2.34. The van der Waals surface area contributed by atoms with Gasteiger partial charge in [-0.05, 0) is 32.0 Å². The minimum absolute atomic E-state index is 0.0263. The second-order valence-corrected chi connectivity index (χ2v) is 6.29. The summed E-state index contributed by atoms with van der Waals surface area (Å²) in [7, 11) is 0. The third-order valence-corrected chi connectivity index (χ3v) is 4.67. The predicted octanol–water partition coefficient (Wildman–Crippen LogP) is 2.80. The van der Waals surface area contributed by atoms with Crippen LogP contribution in [0.5, 0.6) is 0 Å². The summed E-state index contributed by atoms with van der Waals surface area (Å²) in [5, 5.41) is 16.1. The number of hydrogen-bond acceptors (Lipinski definition) is 5. The van der Waals surface area contributed by atoms with Crippen LogP contribution in [0.15, 0.2) is 24.3 Å². The molecule has 1 aromatic heterocycles. The summed E-state index contributed by atoms with van der Waals surface area (Å²) < 4.78 is 0. The molecule has 0 saturated carbocycles. The molecule has 7 heteroatoms. The Morgan fingerprint density at radius 1 is 1.29 bits per heavy atom. The van der Waals surface area contributed by atoms with Gasteiger partial charge in [-0.3, -0.25) is 4.79 Å². The lowest BCUT2D eigenvalue weighted by Gasteiger charge is -2.20. The van der Waals surface area contributed by atoms with E-state index < -0.39 is 0 Å². The van der Waals surface area contributed by atoms with E-state index in [4.69, 9.17) is 11.6 Å². The van der Waals surface area contributed by atoms with Crippen LogP contribution in [0.1, 0.15) is 12.8 Å². The van der Waals surface area contributed by atoms with Crippen molar-refractivity contribution >= 4 is 34.0 Å². The molecule has 1 fully saturated rings. The maximum atomic E-state index is 12.2. The van der Waals surface area contributed by atoms with Crippen molar-refractivity contribution in [3.05, 3.63) is 29.3 Å². The van der Waals surface area contributed by atoms with Crippen molar-refractivity contribution in [1.82, 2.24) is 15.5 Å². The zero-order valence-corrected chi connectivity index (χ0v) is 12.9. The third kappa shape index (κ3) is 3.40. The second-order valence-electron chi connectivity index (χ2n) is 4.91. The van der Waals surface area contributed by atoms with Gasteiger partial charge < -0.3 is 10.6 Å². The number of nitrogens with zero attached hydrogens (tertiary/aromatic N) is 2. The van der Waals surface area contributed by atoms with Crippen LogP contribution in [0.25, 0.3) is 10.6 Å². The normalized spacial score (nSPS) is 15.9. The highest BCUT2D eigenvalue weighted by atomic mass is 35.5. The zero-order valence-electron chi connectivity index (χ0n) is 11.3. The Kier molecular flexibility index (Phi) is 4.48. The summed E-state index contributed by atoms with van der Waals surface area (Å²) >= 11 is 7.48. The van der Waals surface area contributed by atoms with Gasteiger partial charge in [0, 0.05) is 11.5 Å². The number of carbonyl (C=O) groups excluding carboxylic acids is 1. The molecule has 1 aromatic carbocycles. The van der Waals surface area contributed by atoms with Gasteiger partial charge in [-0.2, -0.15) is 0 Å². The molecule has 21 heavy (non-hydrogen) atoms. The van der Waals surface area contributed by atoms with Gasteiger partial charge in [-0.1, -0.05) is 41.1 Å². The number of rotatable bonds is 3. The van der Waals surface area contributed by atoms with Gasteiger partial charge in [0.2, 0.25) is 11.0 Å². The first-order valence-corrected chi connectivity index (χ1v) is 8.03. The number of benzene rings is 1. The van der Waals surface area contributed by atoms with Crippen LogP contribution in [-0.2, 0) is 4.79 Å². The van der Waals surface area contributed by atoms with Gasteiger partial charge >= 0.3 is 0 Å². The van der Waals surface area contributed by atoms with Crippen molar-refractivity contribution < 1.29 is 4.79 Å². The van der Waals surface area contributed by atoms with E-state index in [1.165, 1.54) is 11.3 Å². The number of halogens is 1. The molecule has 110 valence electrons. The molecular formula is C14H15ClN4OS. The average molecular weight is 323 g/mol. The molecule has 0 radical (unpaired) electrons. The Bertz CT molecular complexity index is 639. The van der Waals surface area contributed by atoms with Gasteiger partial charge in [0.05, 0.1) is 5.02 Å². The fraction of sp³-hybridized carbons (Fsp3) is 0.357. The fourth-order valence-electron chi connectivity index (χ4n) is 2.31. The van der Waals surface area contributed by atoms with Crippen LogP contribution in [0.4, 0.5) is 5.13 Å². The maximum absolute atomic E-state index is 12.2. The standard InChI is InChI=1S/C14H15ClN4OS/c15-11-4-2-1-3-10(11)13-18-19-14(21-13)17-12(20)9-5-7-16-8-6-9/h1-4,9,16H,5-8H2,(H,17,19,20). The van der Waals surface area contributed by atoms with Crippen LogP contribution in [-0.4, -0.2) is 29.2 Å². The largest absolute Gasteiger partial charge is 0.317 e. The van der Waals surface area contributed by atoms with E-state index in [0.717, 1.165) is 31.5 Å². The highest BCUT2D eigenvalue weighted by Gasteiger charge is 2.22. The molecule has 1 aliphatic rings. The first-order valence-electron chi connectivity index (χ1n) is 6.84. The van der Waals surface area contributed by atoms with Crippen LogP contribution >= 0.6 is 22.9 Å². The number of carbonyl (C=O) groups is 1. The van der Waals surface area contributed by atoms with E-state index in [1.54, 1.807) is 0 Å². The maximum Gasteiger partial charge on any atom is 0.229 e. The quantitative estimate of drug-likeness (QED) is 0.912. The number of hydrogen-bond donors (Lipinski definition) is 2. The van der Waals surface area contributed by atoms with Crippen molar-refractivity contribution in [3.8, 4) is 10.6 Å². The zero-order chi connectivity index (χ0) is 14.7. The summed E-state index contributed by atoms with van der Waals surface area (Å²) in [5.41, 5.74) is 0.832. The van der Waals surface area contributed by atoms with Crippen LogP contribution < -0.4 is 10.6 Å². The van der Waals surface area contributed by atoms with Gasteiger partial charge in [0.15, 0.2) is 5.01 Å². The molecule has 2 heterocycles. The van der Waals surface area contributed by atoms with E-state index in [0.29, 0.717) is 15.2 Å². The molecule has 5 nitrogen and oxygen atoms in total. The Morgan fingerprint density at radius 2 is 2.05 bits per heavy atom. The number of amides is 1. The van der Waals surface area contributed by atoms with E-state index in [1.807, 2.05) is 24.3 Å². The third-order valence-electron chi connectivity index (χ3n) is 3.47. The van der Waals surface area contributed by atoms with Gasteiger partial charge in [-0.15, -0.1) is 10.2 Å². The van der Waals surface area contributed by atoms with Gasteiger partial charge in [0.25, 0.3) is 0 Å². The van der Waals surface area contributed by atoms with Crippen LogP contribution in [0, 0.1) is 5.92 Å². The highest BCUT2D eigenvalue weighted by Crippen LogP contribution is 2.31. The molecule has 1 aliphatic heterocycles. The molecule has 0 atom stereocenters. The molecule has 3 rings (SSSR count).